The maximum Gasteiger partial charge on any atom is 0.228 e. The topological polar surface area (TPSA) is 94.5 Å². The van der Waals surface area contributed by atoms with Crippen molar-refractivity contribution >= 4 is 5.91 Å². The fraction of sp³-hybridized carbons (Fsp3) is 0.708. The number of aryl methyl sites for hydroxylation is 1. The van der Waals surface area contributed by atoms with Gasteiger partial charge in [-0.25, -0.2) is 0 Å². The molecule has 0 aliphatic carbocycles. The lowest BCUT2D eigenvalue weighted by Crippen LogP contribution is -2.49. The van der Waals surface area contributed by atoms with Gasteiger partial charge in [-0.3, -0.25) is 14.8 Å². The first-order valence-electron chi connectivity index (χ1n) is 11.9. The summed E-state index contributed by atoms with van der Waals surface area (Å²) in [5, 5.41) is 19.3. The van der Waals surface area contributed by atoms with Crippen molar-refractivity contribution < 1.29 is 24.7 Å². The van der Waals surface area contributed by atoms with E-state index >= 15 is 0 Å². The van der Waals surface area contributed by atoms with Gasteiger partial charge in [0.1, 0.15) is 5.75 Å². The van der Waals surface area contributed by atoms with Crippen LogP contribution in [-0.2, 0) is 16.1 Å². The Morgan fingerprint density at radius 2 is 1.94 bits per heavy atom. The molecule has 1 aliphatic heterocycles. The average molecular weight is 452 g/mol. The fourth-order valence-corrected chi connectivity index (χ4v) is 4.46. The minimum atomic E-state index is -0.983. The van der Waals surface area contributed by atoms with Crippen LogP contribution in [0.3, 0.4) is 0 Å². The maximum atomic E-state index is 13.3. The number of nitrogens with zero attached hydrogens (tertiary/aromatic N) is 2. The minimum absolute atomic E-state index is 0.0256. The van der Waals surface area contributed by atoms with Crippen LogP contribution in [0.15, 0.2) is 24.3 Å². The summed E-state index contributed by atoms with van der Waals surface area (Å²) in [5.41, 5.74) is 2.77. The lowest BCUT2D eigenvalue weighted by Gasteiger charge is -2.38. The van der Waals surface area contributed by atoms with Crippen LogP contribution in [0.5, 0.6) is 5.75 Å². The summed E-state index contributed by atoms with van der Waals surface area (Å²) in [5.74, 6) is 0.264. The SMILES string of the molecule is CCCN(C)C1CCN(C(=O)[C@H](CCCc2ccc(OCC)cc2)[C@H](O)CONO)CC1. The third kappa shape index (κ3) is 8.33. The standard InChI is InChI=1S/C24H41N3O5/c1-4-15-26(3)20-13-16-27(17-14-20)24(29)22(23(28)18-32-25-30)8-6-7-19-9-11-21(12-10-19)31-5-2/h9-12,20,22-23,25,28,30H,4-8,13-18H2,1-3H3/t22-,23-/m1/s1. The Balaban J connectivity index is 1.92. The van der Waals surface area contributed by atoms with Gasteiger partial charge >= 0.3 is 0 Å². The molecule has 2 atom stereocenters. The third-order valence-corrected chi connectivity index (χ3v) is 6.29. The molecule has 0 aromatic heterocycles. The Morgan fingerprint density at radius 3 is 2.53 bits per heavy atom. The lowest BCUT2D eigenvalue weighted by molar-refractivity contribution is -0.163. The normalized spacial score (nSPS) is 16.9. The molecule has 1 aromatic rings. The Kier molecular flexibility index (Phi) is 12.0. The number of hydrogen-bond donors (Lipinski definition) is 3. The highest BCUT2D eigenvalue weighted by Gasteiger charge is 2.33. The van der Waals surface area contributed by atoms with Crippen LogP contribution in [0.1, 0.15) is 51.5 Å². The van der Waals surface area contributed by atoms with Crippen molar-refractivity contribution in [3.63, 3.8) is 0 Å². The van der Waals surface area contributed by atoms with Gasteiger partial charge in [0.05, 0.1) is 25.2 Å². The minimum Gasteiger partial charge on any atom is -0.494 e. The molecule has 1 aromatic carbocycles. The maximum absolute atomic E-state index is 13.3. The van der Waals surface area contributed by atoms with E-state index in [9.17, 15) is 9.90 Å². The van der Waals surface area contributed by atoms with E-state index in [1.807, 2.05) is 36.1 Å². The molecular weight excluding hydrogens is 410 g/mol. The van der Waals surface area contributed by atoms with E-state index in [2.05, 4.69) is 18.9 Å². The van der Waals surface area contributed by atoms with Crippen LogP contribution < -0.4 is 10.4 Å². The van der Waals surface area contributed by atoms with Gasteiger partial charge < -0.3 is 19.6 Å². The summed E-state index contributed by atoms with van der Waals surface area (Å²) < 4.78 is 5.48. The molecule has 0 unspecified atom stereocenters. The molecule has 0 bridgehead atoms. The van der Waals surface area contributed by atoms with Crippen molar-refractivity contribution in [3.8, 4) is 5.75 Å². The van der Waals surface area contributed by atoms with Gasteiger partial charge in [0.15, 0.2) is 0 Å². The number of ether oxygens (including phenoxy) is 1. The van der Waals surface area contributed by atoms with Crippen molar-refractivity contribution in [2.75, 3.05) is 39.9 Å². The molecule has 1 saturated heterocycles. The molecule has 0 spiro atoms. The van der Waals surface area contributed by atoms with Crippen molar-refractivity contribution in [1.82, 2.24) is 15.4 Å². The number of aliphatic hydroxyl groups excluding tert-OH is 1. The molecule has 0 radical (unpaired) electrons. The Bertz CT molecular complexity index is 650. The predicted octanol–water partition coefficient (Wildman–Crippen LogP) is 2.63. The van der Waals surface area contributed by atoms with Crippen LogP contribution in [-0.4, -0.2) is 78.1 Å². The van der Waals surface area contributed by atoms with Crippen molar-refractivity contribution in [3.05, 3.63) is 29.8 Å². The zero-order valence-corrected chi connectivity index (χ0v) is 19.8. The Hall–Kier alpha value is -1.71. The smallest absolute Gasteiger partial charge is 0.228 e. The molecular formula is C24H41N3O5. The van der Waals surface area contributed by atoms with E-state index < -0.39 is 12.0 Å². The van der Waals surface area contributed by atoms with E-state index in [0.717, 1.165) is 44.4 Å². The summed E-state index contributed by atoms with van der Waals surface area (Å²) in [7, 11) is 2.15. The largest absolute Gasteiger partial charge is 0.494 e. The van der Waals surface area contributed by atoms with E-state index in [0.29, 0.717) is 32.2 Å². The molecule has 1 amide bonds. The second kappa shape index (κ2) is 14.4. The highest BCUT2D eigenvalue weighted by molar-refractivity contribution is 5.79. The number of hydrogen-bond acceptors (Lipinski definition) is 7. The zero-order valence-electron chi connectivity index (χ0n) is 19.8. The number of likely N-dealkylation sites (tertiary alicyclic amines) is 1. The van der Waals surface area contributed by atoms with Gasteiger partial charge in [-0.1, -0.05) is 24.7 Å². The lowest BCUT2D eigenvalue weighted by atomic mass is 9.92. The van der Waals surface area contributed by atoms with Crippen molar-refractivity contribution in [2.24, 2.45) is 5.92 Å². The zero-order chi connectivity index (χ0) is 23.3. The Morgan fingerprint density at radius 1 is 1.25 bits per heavy atom. The number of piperidine rings is 1. The predicted molar refractivity (Wildman–Crippen MR) is 123 cm³/mol. The average Bonchev–Trinajstić information content (AvgIpc) is 2.81. The molecule has 1 fully saturated rings. The van der Waals surface area contributed by atoms with Gasteiger partial charge in [0.25, 0.3) is 0 Å². The summed E-state index contributed by atoms with van der Waals surface area (Å²) in [6.45, 7) is 7.11. The van der Waals surface area contributed by atoms with Gasteiger partial charge in [0.2, 0.25) is 5.91 Å². The van der Waals surface area contributed by atoms with Crippen LogP contribution >= 0.6 is 0 Å². The molecule has 0 saturated carbocycles. The van der Waals surface area contributed by atoms with Crippen LogP contribution in [0.25, 0.3) is 0 Å². The molecule has 8 heteroatoms. The number of amides is 1. The monoisotopic (exact) mass is 451 g/mol. The number of benzene rings is 1. The second-order valence-corrected chi connectivity index (χ2v) is 8.58. The number of nitrogens with one attached hydrogen (secondary N) is 1. The number of rotatable bonds is 14. The quantitative estimate of drug-likeness (QED) is 0.374. The van der Waals surface area contributed by atoms with Gasteiger partial charge in [0, 0.05) is 19.1 Å². The first kappa shape index (κ1) is 26.5. The van der Waals surface area contributed by atoms with Crippen molar-refractivity contribution in [1.29, 1.82) is 0 Å². The van der Waals surface area contributed by atoms with E-state index in [1.54, 1.807) is 5.64 Å². The van der Waals surface area contributed by atoms with E-state index in [1.165, 1.54) is 5.56 Å². The van der Waals surface area contributed by atoms with Gasteiger partial charge in [-0.2, -0.15) is 0 Å². The van der Waals surface area contributed by atoms with E-state index in [4.69, 9.17) is 14.8 Å². The molecule has 2 rings (SSSR count). The summed E-state index contributed by atoms with van der Waals surface area (Å²) >= 11 is 0. The van der Waals surface area contributed by atoms with Gasteiger partial charge in [-0.15, -0.1) is 0 Å². The number of carbonyl (C=O) groups is 1. The summed E-state index contributed by atoms with van der Waals surface area (Å²) in [4.78, 5) is 22.3. The highest BCUT2D eigenvalue weighted by atomic mass is 16.8. The first-order chi connectivity index (χ1) is 15.5. The molecule has 3 N–H and O–H groups in total. The van der Waals surface area contributed by atoms with Crippen LogP contribution in [0.4, 0.5) is 0 Å². The van der Waals surface area contributed by atoms with Crippen LogP contribution in [0.2, 0.25) is 0 Å². The molecule has 182 valence electrons. The van der Waals surface area contributed by atoms with E-state index in [-0.39, 0.29) is 12.5 Å². The molecule has 1 aliphatic rings. The third-order valence-electron chi connectivity index (χ3n) is 6.29. The first-order valence-corrected chi connectivity index (χ1v) is 11.9. The summed E-state index contributed by atoms with van der Waals surface area (Å²) in [6, 6.07) is 8.49. The number of carbonyl (C=O) groups excluding carboxylic acids is 1. The molecule has 8 nitrogen and oxygen atoms in total. The van der Waals surface area contributed by atoms with Gasteiger partial charge in [-0.05, 0) is 76.7 Å². The van der Waals surface area contributed by atoms with Crippen molar-refractivity contribution in [2.45, 2.75) is 64.5 Å². The molecule has 1 heterocycles. The highest BCUT2D eigenvalue weighted by Crippen LogP contribution is 2.23. The summed E-state index contributed by atoms with van der Waals surface area (Å²) in [6.07, 6.45) is 4.17. The number of aliphatic hydroxyl groups is 1. The van der Waals surface area contributed by atoms with Crippen LogP contribution in [0, 0.1) is 5.92 Å². The molecule has 32 heavy (non-hydrogen) atoms. The Labute approximate surface area is 192 Å². The fourth-order valence-electron chi connectivity index (χ4n) is 4.46. The second-order valence-electron chi connectivity index (χ2n) is 8.58.